The molecule has 0 bridgehead atoms. The number of esters is 1. The lowest BCUT2D eigenvalue weighted by molar-refractivity contribution is -0.134. The zero-order valence-corrected chi connectivity index (χ0v) is 14.8. The van der Waals surface area contributed by atoms with Gasteiger partial charge in [0, 0.05) is 18.1 Å². The smallest absolute Gasteiger partial charge is 0.308 e. The predicted octanol–water partition coefficient (Wildman–Crippen LogP) is 5.26. The van der Waals surface area contributed by atoms with Gasteiger partial charge in [0.15, 0.2) is 0 Å². The molecule has 0 atom stereocenters. The largest absolute Gasteiger partial charge is 0.497 e. The van der Waals surface area contributed by atoms with Crippen LogP contribution >= 0.6 is 11.6 Å². The third-order valence-electron chi connectivity index (χ3n) is 4.22. The van der Waals surface area contributed by atoms with Gasteiger partial charge in [0.05, 0.1) is 12.1 Å². The number of benzene rings is 2. The van der Waals surface area contributed by atoms with Gasteiger partial charge in [-0.15, -0.1) is 0 Å². The van der Waals surface area contributed by atoms with Crippen LogP contribution in [0.2, 0.25) is 5.02 Å². The highest BCUT2D eigenvalue weighted by atomic mass is 35.5. The number of fused-ring (bicyclic) bond motifs is 1. The second-order valence-electron chi connectivity index (χ2n) is 5.91. The molecule has 0 saturated carbocycles. The van der Waals surface area contributed by atoms with Crippen LogP contribution in [0.1, 0.15) is 36.5 Å². The molecule has 0 radical (unpaired) electrons. The number of carbonyl (C=O) groups excluding carboxylic acids is 1. The maximum absolute atomic E-state index is 13.9. The number of hydrogen-bond donors (Lipinski definition) is 0. The van der Waals surface area contributed by atoms with Crippen LogP contribution in [0.25, 0.3) is 11.3 Å². The van der Waals surface area contributed by atoms with Crippen molar-refractivity contribution < 1.29 is 18.7 Å². The Morgan fingerprint density at radius 3 is 2.64 bits per heavy atom. The van der Waals surface area contributed by atoms with E-state index in [1.54, 1.807) is 13.2 Å². The van der Waals surface area contributed by atoms with E-state index in [4.69, 9.17) is 21.1 Å². The van der Waals surface area contributed by atoms with Gasteiger partial charge in [-0.05, 0) is 60.7 Å². The third-order valence-corrected chi connectivity index (χ3v) is 4.52. The standard InChI is InChI=1S/C20H18ClFO3/c1-12(23)25-20-16(14-6-9-18(21)19(22)11-14)5-3-4-13-10-15(24-2)7-8-17(13)20/h6-11H,3-5H2,1-2H3. The van der Waals surface area contributed by atoms with Crippen LogP contribution < -0.4 is 4.74 Å². The average Bonchev–Trinajstić information content (AvgIpc) is 2.76. The van der Waals surface area contributed by atoms with Crippen LogP contribution in [0.15, 0.2) is 36.4 Å². The van der Waals surface area contributed by atoms with Gasteiger partial charge >= 0.3 is 5.97 Å². The van der Waals surface area contributed by atoms with E-state index in [9.17, 15) is 9.18 Å². The van der Waals surface area contributed by atoms with E-state index in [2.05, 4.69) is 0 Å². The first-order valence-electron chi connectivity index (χ1n) is 8.04. The van der Waals surface area contributed by atoms with Gasteiger partial charge in [0.2, 0.25) is 0 Å². The van der Waals surface area contributed by atoms with Gasteiger partial charge in [-0.2, -0.15) is 0 Å². The molecule has 5 heteroatoms. The zero-order valence-electron chi connectivity index (χ0n) is 14.1. The molecule has 2 aromatic rings. The van der Waals surface area contributed by atoms with Crippen LogP contribution in [0, 0.1) is 5.82 Å². The normalized spacial score (nSPS) is 13.9. The molecule has 3 nitrogen and oxygen atoms in total. The molecule has 130 valence electrons. The quantitative estimate of drug-likeness (QED) is 0.701. The molecule has 0 spiro atoms. The number of hydrogen-bond acceptors (Lipinski definition) is 3. The molecule has 3 rings (SSSR count). The summed E-state index contributed by atoms with van der Waals surface area (Å²) < 4.78 is 24.8. The van der Waals surface area contributed by atoms with Crippen molar-refractivity contribution >= 4 is 28.9 Å². The van der Waals surface area contributed by atoms with Gasteiger partial charge in [0.25, 0.3) is 0 Å². The van der Waals surface area contributed by atoms with Crippen molar-refractivity contribution in [3.63, 3.8) is 0 Å². The number of carbonyl (C=O) groups is 1. The van der Waals surface area contributed by atoms with E-state index in [0.717, 1.165) is 35.3 Å². The van der Waals surface area contributed by atoms with Crippen molar-refractivity contribution in [1.82, 2.24) is 0 Å². The summed E-state index contributed by atoms with van der Waals surface area (Å²) in [6.45, 7) is 1.36. The first-order chi connectivity index (χ1) is 12.0. The highest BCUT2D eigenvalue weighted by Gasteiger charge is 2.22. The second kappa shape index (κ2) is 7.28. The SMILES string of the molecule is COc1ccc2c(c1)CCCC(c1ccc(Cl)c(F)c1)=C2OC(C)=O. The van der Waals surface area contributed by atoms with Gasteiger partial charge in [-0.25, -0.2) is 4.39 Å². The molecule has 2 aromatic carbocycles. The molecule has 0 amide bonds. The Kier molecular flexibility index (Phi) is 5.09. The molecule has 0 aliphatic heterocycles. The van der Waals surface area contributed by atoms with Crippen molar-refractivity contribution in [2.45, 2.75) is 26.2 Å². The minimum atomic E-state index is -0.493. The van der Waals surface area contributed by atoms with E-state index in [1.807, 2.05) is 18.2 Å². The van der Waals surface area contributed by atoms with E-state index in [0.29, 0.717) is 17.7 Å². The number of allylic oxidation sites excluding steroid dienone is 1. The number of methoxy groups -OCH3 is 1. The zero-order chi connectivity index (χ0) is 18.0. The lowest BCUT2D eigenvalue weighted by Crippen LogP contribution is -2.03. The Hall–Kier alpha value is -2.33. The fraction of sp³-hybridized carbons (Fsp3) is 0.250. The summed E-state index contributed by atoms with van der Waals surface area (Å²) in [4.78, 5) is 11.7. The molecule has 0 saturated heterocycles. The van der Waals surface area contributed by atoms with E-state index in [-0.39, 0.29) is 5.02 Å². The summed E-state index contributed by atoms with van der Waals surface area (Å²) in [6, 6.07) is 10.3. The number of ether oxygens (including phenoxy) is 2. The maximum Gasteiger partial charge on any atom is 0.308 e. The molecule has 0 fully saturated rings. The Balaban J connectivity index is 2.20. The fourth-order valence-corrected chi connectivity index (χ4v) is 3.19. The summed E-state index contributed by atoms with van der Waals surface area (Å²) in [7, 11) is 1.61. The third kappa shape index (κ3) is 3.69. The van der Waals surface area contributed by atoms with E-state index in [1.165, 1.54) is 19.1 Å². The molecular formula is C20H18ClFO3. The molecule has 0 unspecified atom stereocenters. The Morgan fingerprint density at radius 2 is 1.96 bits per heavy atom. The van der Waals surface area contributed by atoms with Crippen LogP contribution in [-0.4, -0.2) is 13.1 Å². The minimum absolute atomic E-state index is 0.0668. The molecule has 0 N–H and O–H groups in total. The van der Waals surface area contributed by atoms with Crippen molar-refractivity contribution in [2.75, 3.05) is 7.11 Å². The topological polar surface area (TPSA) is 35.5 Å². The van der Waals surface area contributed by atoms with Crippen LogP contribution in [0.5, 0.6) is 5.75 Å². The highest BCUT2D eigenvalue weighted by Crippen LogP contribution is 2.38. The monoisotopic (exact) mass is 360 g/mol. The van der Waals surface area contributed by atoms with Crippen molar-refractivity contribution in [3.05, 3.63) is 63.9 Å². The van der Waals surface area contributed by atoms with Crippen LogP contribution in [-0.2, 0) is 16.0 Å². The maximum atomic E-state index is 13.9. The van der Waals surface area contributed by atoms with Gasteiger partial charge in [-0.3, -0.25) is 4.79 Å². The Bertz CT molecular complexity index is 858. The summed E-state index contributed by atoms with van der Waals surface area (Å²) in [5, 5.41) is 0.0668. The summed E-state index contributed by atoms with van der Waals surface area (Å²) in [6.07, 6.45) is 2.34. The average molecular weight is 361 g/mol. The summed E-state index contributed by atoms with van der Waals surface area (Å²) in [5.74, 6) is 0.324. The van der Waals surface area contributed by atoms with Gasteiger partial charge < -0.3 is 9.47 Å². The first-order valence-corrected chi connectivity index (χ1v) is 8.41. The highest BCUT2D eigenvalue weighted by molar-refractivity contribution is 6.30. The molecular weight excluding hydrogens is 343 g/mol. The summed E-state index contributed by atoms with van der Waals surface area (Å²) in [5.41, 5.74) is 3.34. The first kappa shape index (κ1) is 17.5. The molecule has 0 aromatic heterocycles. The Morgan fingerprint density at radius 1 is 1.16 bits per heavy atom. The predicted molar refractivity (Wildman–Crippen MR) is 95.9 cm³/mol. The minimum Gasteiger partial charge on any atom is -0.497 e. The molecule has 1 aliphatic carbocycles. The van der Waals surface area contributed by atoms with Crippen molar-refractivity contribution in [2.24, 2.45) is 0 Å². The van der Waals surface area contributed by atoms with E-state index >= 15 is 0 Å². The second-order valence-corrected chi connectivity index (χ2v) is 6.31. The number of rotatable bonds is 3. The van der Waals surface area contributed by atoms with Crippen molar-refractivity contribution in [3.8, 4) is 5.75 Å². The number of aryl methyl sites for hydroxylation is 1. The molecule has 0 heterocycles. The lowest BCUT2D eigenvalue weighted by atomic mass is 9.98. The summed E-state index contributed by atoms with van der Waals surface area (Å²) >= 11 is 5.80. The van der Waals surface area contributed by atoms with Crippen LogP contribution in [0.3, 0.4) is 0 Å². The van der Waals surface area contributed by atoms with Crippen LogP contribution in [0.4, 0.5) is 4.39 Å². The number of halogens is 2. The molecule has 25 heavy (non-hydrogen) atoms. The molecule has 1 aliphatic rings. The van der Waals surface area contributed by atoms with E-state index < -0.39 is 11.8 Å². The van der Waals surface area contributed by atoms with Gasteiger partial charge in [0.1, 0.15) is 17.3 Å². The Labute approximate surface area is 151 Å². The lowest BCUT2D eigenvalue weighted by Gasteiger charge is -2.15. The van der Waals surface area contributed by atoms with Crippen molar-refractivity contribution in [1.29, 1.82) is 0 Å². The van der Waals surface area contributed by atoms with Gasteiger partial charge in [-0.1, -0.05) is 17.7 Å². The fourth-order valence-electron chi connectivity index (χ4n) is 3.08.